The van der Waals surface area contributed by atoms with Gasteiger partial charge >= 0.3 is 0 Å². The van der Waals surface area contributed by atoms with E-state index in [0.717, 1.165) is 5.92 Å². The Bertz CT molecular complexity index is 215. The van der Waals surface area contributed by atoms with Gasteiger partial charge in [-0.15, -0.1) is 0 Å². The molecule has 11 heavy (non-hydrogen) atoms. The third-order valence-corrected chi connectivity index (χ3v) is 2.83. The number of nitrogens with zero attached hydrogens (tertiary/aromatic N) is 1. The van der Waals surface area contributed by atoms with Gasteiger partial charge < -0.3 is 4.90 Å². The van der Waals surface area contributed by atoms with Crippen molar-refractivity contribution in [3.05, 3.63) is 23.9 Å². The van der Waals surface area contributed by atoms with Crippen LogP contribution in [0.3, 0.4) is 0 Å². The van der Waals surface area contributed by atoms with Crippen molar-refractivity contribution in [2.45, 2.75) is 19.8 Å². The molecule has 1 saturated heterocycles. The fraction of sp³-hybridized carbons (Fsp3) is 0.600. The third kappa shape index (κ3) is 0.907. The summed E-state index contributed by atoms with van der Waals surface area (Å²) in [5.41, 5.74) is 2.82. The molecule has 0 amide bonds. The molecule has 1 heteroatoms. The van der Waals surface area contributed by atoms with Gasteiger partial charge in [-0.3, -0.25) is 0 Å². The minimum absolute atomic E-state index is 0.738. The molecule has 0 N–H and O–H groups in total. The van der Waals surface area contributed by atoms with Crippen molar-refractivity contribution in [2.24, 2.45) is 5.92 Å². The molecule has 0 aromatic heterocycles. The van der Waals surface area contributed by atoms with Crippen LogP contribution in [-0.4, -0.2) is 18.0 Å². The van der Waals surface area contributed by atoms with Crippen molar-refractivity contribution in [3.63, 3.8) is 0 Å². The molecular formula is C10H15N. The third-order valence-electron chi connectivity index (χ3n) is 2.83. The maximum absolute atomic E-state index is 4.14. The summed E-state index contributed by atoms with van der Waals surface area (Å²) in [5, 5.41) is 0. The predicted octanol–water partition coefficient (Wildman–Crippen LogP) is 2.17. The molecule has 1 atom stereocenters. The van der Waals surface area contributed by atoms with Crippen LogP contribution in [0.4, 0.5) is 0 Å². The van der Waals surface area contributed by atoms with Gasteiger partial charge in [-0.2, -0.15) is 0 Å². The fourth-order valence-electron chi connectivity index (χ4n) is 2.09. The Hall–Kier alpha value is -0.720. The van der Waals surface area contributed by atoms with Crippen molar-refractivity contribution < 1.29 is 0 Å². The maximum Gasteiger partial charge on any atom is 0.0356 e. The number of hydrogen-bond acceptors (Lipinski definition) is 1. The normalized spacial score (nSPS) is 29.2. The van der Waals surface area contributed by atoms with Gasteiger partial charge in [-0.25, -0.2) is 0 Å². The molecule has 0 radical (unpaired) electrons. The highest BCUT2D eigenvalue weighted by atomic mass is 15.2. The quantitative estimate of drug-likeness (QED) is 0.552. The highest BCUT2D eigenvalue weighted by Gasteiger charge is 2.30. The highest BCUT2D eigenvalue weighted by Crippen LogP contribution is 2.36. The Labute approximate surface area is 68.4 Å². The Kier molecular flexibility index (Phi) is 1.52. The minimum Gasteiger partial charge on any atom is -0.371 e. The Morgan fingerprint density at radius 2 is 2.55 bits per heavy atom. The van der Waals surface area contributed by atoms with Crippen molar-refractivity contribution in [1.82, 2.24) is 4.90 Å². The second kappa shape index (κ2) is 2.40. The second-order valence-corrected chi connectivity index (χ2v) is 3.45. The van der Waals surface area contributed by atoms with Crippen LogP contribution in [0.5, 0.6) is 0 Å². The van der Waals surface area contributed by atoms with Crippen molar-refractivity contribution in [1.29, 1.82) is 0 Å². The molecule has 0 spiro atoms. The van der Waals surface area contributed by atoms with E-state index >= 15 is 0 Å². The molecule has 1 fully saturated rings. The van der Waals surface area contributed by atoms with Gasteiger partial charge in [0.2, 0.25) is 0 Å². The molecule has 0 aromatic carbocycles. The van der Waals surface area contributed by atoms with Crippen LogP contribution < -0.4 is 0 Å². The van der Waals surface area contributed by atoms with Gasteiger partial charge in [-0.05, 0) is 18.4 Å². The summed E-state index contributed by atoms with van der Waals surface area (Å²) in [6.07, 6.45) is 4.80. The first kappa shape index (κ1) is 6.96. The summed E-state index contributed by atoms with van der Waals surface area (Å²) in [7, 11) is 0. The lowest BCUT2D eigenvalue weighted by atomic mass is 10.00. The lowest BCUT2D eigenvalue weighted by Gasteiger charge is -2.12. The molecule has 2 aliphatic rings. The molecular weight excluding hydrogens is 134 g/mol. The summed E-state index contributed by atoms with van der Waals surface area (Å²) < 4.78 is 0. The smallest absolute Gasteiger partial charge is 0.0356 e. The predicted molar refractivity (Wildman–Crippen MR) is 47.2 cm³/mol. The second-order valence-electron chi connectivity index (χ2n) is 3.45. The molecule has 60 valence electrons. The lowest BCUT2D eigenvalue weighted by Crippen LogP contribution is -2.16. The lowest BCUT2D eigenvalue weighted by molar-refractivity contribution is 0.388. The number of allylic oxidation sites excluding steroid dienone is 1. The van der Waals surface area contributed by atoms with Crippen molar-refractivity contribution in [2.75, 3.05) is 13.1 Å². The zero-order valence-electron chi connectivity index (χ0n) is 7.14. The standard InChI is InChI=1S/C10H15N/c1-3-9-7-11-6-4-5-10(11)8(9)2/h5,9H,2-4,6-7H2,1H3. The summed E-state index contributed by atoms with van der Waals surface area (Å²) in [6.45, 7) is 8.84. The van der Waals surface area contributed by atoms with Crippen LogP contribution in [0.15, 0.2) is 23.9 Å². The molecule has 0 aromatic rings. The van der Waals surface area contributed by atoms with E-state index in [-0.39, 0.29) is 0 Å². The summed E-state index contributed by atoms with van der Waals surface area (Å²) >= 11 is 0. The van der Waals surface area contributed by atoms with E-state index in [4.69, 9.17) is 0 Å². The van der Waals surface area contributed by atoms with Gasteiger partial charge in [0.25, 0.3) is 0 Å². The van der Waals surface area contributed by atoms with Gasteiger partial charge in [0.05, 0.1) is 0 Å². The molecule has 2 rings (SSSR count). The van der Waals surface area contributed by atoms with Gasteiger partial charge in [-0.1, -0.05) is 19.6 Å². The van der Waals surface area contributed by atoms with E-state index in [1.54, 1.807) is 0 Å². The number of fused-ring (bicyclic) bond motifs is 1. The molecule has 1 unspecified atom stereocenters. The average Bonchev–Trinajstić information content (AvgIpc) is 2.53. The fourth-order valence-corrected chi connectivity index (χ4v) is 2.09. The van der Waals surface area contributed by atoms with E-state index in [9.17, 15) is 0 Å². The number of rotatable bonds is 1. The van der Waals surface area contributed by atoms with Crippen molar-refractivity contribution >= 4 is 0 Å². The van der Waals surface area contributed by atoms with E-state index in [1.807, 2.05) is 0 Å². The largest absolute Gasteiger partial charge is 0.371 e. The molecule has 1 nitrogen and oxygen atoms in total. The van der Waals surface area contributed by atoms with E-state index in [2.05, 4.69) is 24.5 Å². The van der Waals surface area contributed by atoms with Crippen LogP contribution in [0.1, 0.15) is 19.8 Å². The van der Waals surface area contributed by atoms with E-state index in [0.29, 0.717) is 0 Å². The summed E-state index contributed by atoms with van der Waals surface area (Å²) in [4.78, 5) is 2.47. The van der Waals surface area contributed by atoms with E-state index < -0.39 is 0 Å². The first-order valence-electron chi connectivity index (χ1n) is 4.47. The first-order chi connectivity index (χ1) is 5.33. The zero-order valence-corrected chi connectivity index (χ0v) is 7.14. The molecule has 0 bridgehead atoms. The first-order valence-corrected chi connectivity index (χ1v) is 4.47. The Balaban J connectivity index is 2.21. The van der Waals surface area contributed by atoms with Crippen LogP contribution >= 0.6 is 0 Å². The van der Waals surface area contributed by atoms with Gasteiger partial charge in [0, 0.05) is 24.7 Å². The zero-order chi connectivity index (χ0) is 7.84. The molecule has 2 heterocycles. The average molecular weight is 149 g/mol. The molecule has 0 saturated carbocycles. The maximum atomic E-state index is 4.14. The highest BCUT2D eigenvalue weighted by molar-refractivity contribution is 5.36. The monoisotopic (exact) mass is 149 g/mol. The van der Waals surface area contributed by atoms with Crippen LogP contribution in [0, 0.1) is 5.92 Å². The van der Waals surface area contributed by atoms with E-state index in [1.165, 1.54) is 37.2 Å². The minimum atomic E-state index is 0.738. The molecule has 0 aliphatic carbocycles. The Morgan fingerprint density at radius 3 is 3.18 bits per heavy atom. The number of hydrogen-bond donors (Lipinski definition) is 0. The van der Waals surface area contributed by atoms with Crippen LogP contribution in [0.2, 0.25) is 0 Å². The molecule has 2 aliphatic heterocycles. The summed E-state index contributed by atoms with van der Waals surface area (Å²) in [5.74, 6) is 0.738. The van der Waals surface area contributed by atoms with Gasteiger partial charge in [0.15, 0.2) is 0 Å². The SMILES string of the molecule is C=C1C2=CCCN2CC1CC. The van der Waals surface area contributed by atoms with Crippen LogP contribution in [0.25, 0.3) is 0 Å². The van der Waals surface area contributed by atoms with Gasteiger partial charge in [0.1, 0.15) is 0 Å². The van der Waals surface area contributed by atoms with Crippen molar-refractivity contribution in [3.8, 4) is 0 Å². The Morgan fingerprint density at radius 1 is 1.73 bits per heavy atom. The van der Waals surface area contributed by atoms with Crippen LogP contribution in [-0.2, 0) is 0 Å². The summed E-state index contributed by atoms with van der Waals surface area (Å²) in [6, 6.07) is 0. The topological polar surface area (TPSA) is 3.24 Å².